The molecule has 0 amide bonds. The molecule has 0 spiro atoms. The molecule has 0 aromatic heterocycles. The molecule has 0 heterocycles. The van der Waals surface area contributed by atoms with E-state index in [0.29, 0.717) is 6.42 Å². The van der Waals surface area contributed by atoms with Crippen molar-refractivity contribution < 1.29 is 37.6 Å². The van der Waals surface area contributed by atoms with Crippen LogP contribution in [0.15, 0.2) is 48.6 Å². The molecule has 0 radical (unpaired) electrons. The normalized spacial score (nSPS) is 13.7. The molecule has 0 aromatic rings. The molecule has 9 nitrogen and oxygen atoms in total. The molecule has 2 unspecified atom stereocenters. The fraction of sp³-hybridized carbons (Fsp3) is 0.792. The second-order valence-corrected chi connectivity index (χ2v) is 17.1. The summed E-state index contributed by atoms with van der Waals surface area (Å²) < 4.78 is 32.8. The molecule has 0 saturated carbocycles. The van der Waals surface area contributed by atoms with Crippen molar-refractivity contribution in [1.29, 1.82) is 0 Å². The van der Waals surface area contributed by atoms with E-state index in [-0.39, 0.29) is 32.6 Å². The molecule has 338 valence electrons. The van der Waals surface area contributed by atoms with Gasteiger partial charge in [0.1, 0.15) is 6.61 Å². The standard InChI is InChI=1S/C48H88NO8P/c1-3-5-7-9-11-13-15-17-18-19-20-21-22-23-24-25-26-27-28-29-31-33-35-37-39-41-48(51)57-46(45-56-58(52,53)55-43-42-49)44-54-47(50)40-38-36-34-32-30-16-14-12-10-8-6-4-2/h12,14-15,17,19-20,22-23,46H,3-11,13,16,18,21,24-45,49H2,1-2H3,(H,52,53)/b14-12-,17-15-,20-19-,23-22-. The van der Waals surface area contributed by atoms with E-state index in [9.17, 15) is 19.0 Å². The van der Waals surface area contributed by atoms with Gasteiger partial charge in [0.05, 0.1) is 13.2 Å². The maximum atomic E-state index is 12.6. The summed E-state index contributed by atoms with van der Waals surface area (Å²) in [5, 5.41) is 0. The number of hydrogen-bond acceptors (Lipinski definition) is 8. The zero-order chi connectivity index (χ0) is 42.5. The Kier molecular flexibility index (Phi) is 43.0. The molecule has 0 rings (SSSR count). The SMILES string of the molecule is CCCCC/C=C\CCCCCCCC(=O)OCC(COP(=O)(O)OCCN)OC(=O)CCCCCCCCCCCC/C=C\C/C=C\C/C=C\CCCCCCC. The Morgan fingerprint density at radius 2 is 0.897 bits per heavy atom. The summed E-state index contributed by atoms with van der Waals surface area (Å²) in [6.07, 6.45) is 51.5. The predicted octanol–water partition coefficient (Wildman–Crippen LogP) is 13.9. The maximum Gasteiger partial charge on any atom is 0.472 e. The summed E-state index contributed by atoms with van der Waals surface area (Å²) in [5.74, 6) is -0.842. The highest BCUT2D eigenvalue weighted by Crippen LogP contribution is 2.43. The summed E-state index contributed by atoms with van der Waals surface area (Å²) in [4.78, 5) is 34.9. The number of phosphoric ester groups is 1. The van der Waals surface area contributed by atoms with Crippen LogP contribution >= 0.6 is 7.82 Å². The molecule has 0 bridgehead atoms. The van der Waals surface area contributed by atoms with E-state index < -0.39 is 32.5 Å². The molecule has 0 aliphatic heterocycles. The van der Waals surface area contributed by atoms with Gasteiger partial charge in [-0.2, -0.15) is 0 Å². The van der Waals surface area contributed by atoms with E-state index in [1.54, 1.807) is 0 Å². The van der Waals surface area contributed by atoms with Crippen molar-refractivity contribution in [3.8, 4) is 0 Å². The molecule has 0 aliphatic carbocycles. The summed E-state index contributed by atoms with van der Waals surface area (Å²) in [5.41, 5.74) is 5.35. The Bertz CT molecular complexity index is 1090. The number of esters is 2. The van der Waals surface area contributed by atoms with Crippen molar-refractivity contribution in [2.24, 2.45) is 5.73 Å². The van der Waals surface area contributed by atoms with Crippen LogP contribution in [0.25, 0.3) is 0 Å². The number of allylic oxidation sites excluding steroid dienone is 8. The second kappa shape index (κ2) is 44.5. The van der Waals surface area contributed by atoms with Crippen molar-refractivity contribution >= 4 is 19.8 Å². The minimum atomic E-state index is -4.38. The highest BCUT2D eigenvalue weighted by atomic mass is 31.2. The summed E-state index contributed by atoms with van der Waals surface area (Å²) >= 11 is 0. The fourth-order valence-corrected chi connectivity index (χ4v) is 7.17. The van der Waals surface area contributed by atoms with Crippen molar-refractivity contribution in [2.75, 3.05) is 26.4 Å². The first-order valence-electron chi connectivity index (χ1n) is 23.6. The smallest absolute Gasteiger partial charge is 0.462 e. The van der Waals surface area contributed by atoms with Gasteiger partial charge in [0.25, 0.3) is 0 Å². The Morgan fingerprint density at radius 3 is 1.38 bits per heavy atom. The third kappa shape index (κ3) is 43.5. The van der Waals surface area contributed by atoms with E-state index in [2.05, 4.69) is 62.5 Å². The number of rotatable bonds is 44. The molecule has 0 aromatic carbocycles. The first-order valence-corrected chi connectivity index (χ1v) is 25.1. The molecule has 0 aliphatic rings. The van der Waals surface area contributed by atoms with Gasteiger partial charge in [-0.25, -0.2) is 4.57 Å². The first-order chi connectivity index (χ1) is 28.3. The lowest BCUT2D eigenvalue weighted by molar-refractivity contribution is -0.161. The van der Waals surface area contributed by atoms with Gasteiger partial charge in [0, 0.05) is 19.4 Å². The van der Waals surface area contributed by atoms with E-state index in [0.717, 1.165) is 77.0 Å². The van der Waals surface area contributed by atoms with Crippen LogP contribution in [-0.4, -0.2) is 49.3 Å². The van der Waals surface area contributed by atoms with Gasteiger partial charge in [0.15, 0.2) is 6.10 Å². The van der Waals surface area contributed by atoms with Gasteiger partial charge < -0.3 is 20.1 Å². The van der Waals surface area contributed by atoms with E-state index in [1.165, 1.54) is 103 Å². The Morgan fingerprint density at radius 1 is 0.517 bits per heavy atom. The molecule has 3 N–H and O–H groups in total. The third-order valence-corrected chi connectivity index (χ3v) is 10.9. The van der Waals surface area contributed by atoms with Crippen LogP contribution in [0.1, 0.15) is 213 Å². The lowest BCUT2D eigenvalue weighted by atomic mass is 10.0. The van der Waals surface area contributed by atoms with Crippen LogP contribution in [0.5, 0.6) is 0 Å². The van der Waals surface area contributed by atoms with Crippen LogP contribution in [0, 0.1) is 0 Å². The number of carbonyl (C=O) groups is 2. The van der Waals surface area contributed by atoms with Crippen LogP contribution < -0.4 is 5.73 Å². The van der Waals surface area contributed by atoms with Crippen LogP contribution in [0.4, 0.5) is 0 Å². The van der Waals surface area contributed by atoms with Gasteiger partial charge in [0.2, 0.25) is 0 Å². The minimum Gasteiger partial charge on any atom is -0.462 e. The number of hydrogen-bond donors (Lipinski definition) is 2. The number of phosphoric acid groups is 1. The largest absolute Gasteiger partial charge is 0.472 e. The van der Waals surface area contributed by atoms with Crippen molar-refractivity contribution in [2.45, 2.75) is 219 Å². The summed E-state index contributed by atoms with van der Waals surface area (Å²) in [6.45, 7) is 3.69. The van der Waals surface area contributed by atoms with Crippen molar-refractivity contribution in [1.82, 2.24) is 0 Å². The van der Waals surface area contributed by atoms with Gasteiger partial charge in [-0.05, 0) is 77.0 Å². The average Bonchev–Trinajstić information content (AvgIpc) is 3.21. The average molecular weight is 838 g/mol. The lowest BCUT2D eigenvalue weighted by Crippen LogP contribution is -2.29. The quantitative estimate of drug-likeness (QED) is 0.0266. The number of nitrogens with two attached hydrogens (primary N) is 1. The Labute approximate surface area is 356 Å². The topological polar surface area (TPSA) is 134 Å². The van der Waals surface area contributed by atoms with Gasteiger partial charge >= 0.3 is 19.8 Å². The molecular formula is C48H88NO8P. The molecular weight excluding hydrogens is 750 g/mol. The van der Waals surface area contributed by atoms with Crippen molar-refractivity contribution in [3.63, 3.8) is 0 Å². The predicted molar refractivity (Wildman–Crippen MR) is 243 cm³/mol. The van der Waals surface area contributed by atoms with Crippen molar-refractivity contribution in [3.05, 3.63) is 48.6 Å². The molecule has 58 heavy (non-hydrogen) atoms. The molecule has 0 fully saturated rings. The van der Waals surface area contributed by atoms with E-state index in [4.69, 9.17) is 24.3 Å². The minimum absolute atomic E-state index is 0.0505. The van der Waals surface area contributed by atoms with Gasteiger partial charge in [-0.3, -0.25) is 18.6 Å². The number of unbranched alkanes of at least 4 members (excludes halogenated alkanes) is 23. The zero-order valence-electron chi connectivity index (χ0n) is 37.3. The van der Waals surface area contributed by atoms with E-state index >= 15 is 0 Å². The van der Waals surface area contributed by atoms with Gasteiger partial charge in [-0.15, -0.1) is 0 Å². The van der Waals surface area contributed by atoms with Crippen LogP contribution in [0.3, 0.4) is 0 Å². The second-order valence-electron chi connectivity index (χ2n) is 15.6. The summed E-state index contributed by atoms with van der Waals surface area (Å²) in [6, 6.07) is 0. The first kappa shape index (κ1) is 56.0. The molecule has 0 saturated heterocycles. The van der Waals surface area contributed by atoms with E-state index in [1.807, 2.05) is 0 Å². The number of carbonyl (C=O) groups excluding carboxylic acids is 2. The molecule has 10 heteroatoms. The Balaban J connectivity index is 4.05. The maximum absolute atomic E-state index is 12.6. The Hall–Kier alpha value is -2.03. The zero-order valence-corrected chi connectivity index (χ0v) is 38.2. The van der Waals surface area contributed by atoms with Crippen LogP contribution in [0.2, 0.25) is 0 Å². The fourth-order valence-electron chi connectivity index (χ4n) is 6.40. The third-order valence-electron chi connectivity index (χ3n) is 9.94. The van der Waals surface area contributed by atoms with Crippen LogP contribution in [-0.2, 0) is 32.7 Å². The monoisotopic (exact) mass is 838 g/mol. The molecule has 2 atom stereocenters. The highest BCUT2D eigenvalue weighted by molar-refractivity contribution is 7.47. The van der Waals surface area contributed by atoms with Gasteiger partial charge in [-0.1, -0.05) is 172 Å². The highest BCUT2D eigenvalue weighted by Gasteiger charge is 2.26. The summed E-state index contributed by atoms with van der Waals surface area (Å²) in [7, 11) is -4.38. The lowest BCUT2D eigenvalue weighted by Gasteiger charge is -2.19. The number of ether oxygens (including phenoxy) is 2.